The molecule has 122 valence electrons. The molecule has 0 spiro atoms. The van der Waals surface area contributed by atoms with E-state index in [9.17, 15) is 4.79 Å². The van der Waals surface area contributed by atoms with Crippen LogP contribution in [0.5, 0.6) is 0 Å². The van der Waals surface area contributed by atoms with Gasteiger partial charge >= 0.3 is 0 Å². The van der Waals surface area contributed by atoms with Crippen LogP contribution in [0.3, 0.4) is 0 Å². The van der Waals surface area contributed by atoms with Crippen LogP contribution in [0.2, 0.25) is 0 Å². The zero-order valence-electron chi connectivity index (χ0n) is 13.2. The summed E-state index contributed by atoms with van der Waals surface area (Å²) in [7, 11) is 0. The molecule has 2 aromatic heterocycles. The highest BCUT2D eigenvalue weighted by atomic mass is 16.2. The van der Waals surface area contributed by atoms with E-state index in [2.05, 4.69) is 25.5 Å². The fraction of sp³-hybridized carbons (Fsp3) is 0.294. The molecule has 0 unspecified atom stereocenters. The molecule has 1 aromatic carbocycles. The van der Waals surface area contributed by atoms with Gasteiger partial charge in [-0.2, -0.15) is 0 Å². The van der Waals surface area contributed by atoms with Crippen molar-refractivity contribution in [1.82, 2.24) is 20.0 Å². The summed E-state index contributed by atoms with van der Waals surface area (Å²) < 4.78 is 1.59. The van der Waals surface area contributed by atoms with E-state index in [0.29, 0.717) is 5.69 Å². The molecule has 4 rings (SSSR count). The minimum Gasteiger partial charge on any atom is -0.357 e. The monoisotopic (exact) mass is 322 g/mol. The Bertz CT molecular complexity index is 851. The van der Waals surface area contributed by atoms with E-state index in [0.717, 1.165) is 29.9 Å². The third-order valence-corrected chi connectivity index (χ3v) is 4.18. The van der Waals surface area contributed by atoms with Gasteiger partial charge < -0.3 is 10.2 Å². The van der Waals surface area contributed by atoms with Crippen molar-refractivity contribution in [3.05, 3.63) is 42.6 Å². The fourth-order valence-corrected chi connectivity index (χ4v) is 2.96. The zero-order chi connectivity index (χ0) is 16.4. The molecule has 1 fully saturated rings. The molecule has 3 aromatic rings. The molecule has 3 heterocycles. The van der Waals surface area contributed by atoms with Gasteiger partial charge in [-0.15, -0.1) is 5.10 Å². The van der Waals surface area contributed by atoms with Crippen LogP contribution in [-0.2, 0) is 11.3 Å². The highest BCUT2D eigenvalue weighted by Crippen LogP contribution is 2.19. The van der Waals surface area contributed by atoms with Gasteiger partial charge in [-0.25, -0.2) is 9.67 Å². The van der Waals surface area contributed by atoms with Crippen LogP contribution < -0.4 is 10.2 Å². The molecule has 0 atom stereocenters. The Morgan fingerprint density at radius 2 is 1.96 bits per heavy atom. The molecular weight excluding hydrogens is 304 g/mol. The van der Waals surface area contributed by atoms with Crippen LogP contribution in [-0.4, -0.2) is 39.0 Å². The molecule has 0 radical (unpaired) electrons. The summed E-state index contributed by atoms with van der Waals surface area (Å²) >= 11 is 0. The van der Waals surface area contributed by atoms with Gasteiger partial charge in [-0.3, -0.25) is 4.79 Å². The molecule has 24 heavy (non-hydrogen) atoms. The van der Waals surface area contributed by atoms with E-state index in [4.69, 9.17) is 0 Å². The minimum absolute atomic E-state index is 0.119. The number of nitrogens with zero attached hydrogens (tertiary/aromatic N) is 5. The summed E-state index contributed by atoms with van der Waals surface area (Å²) in [5.74, 6) is 0.814. The van der Waals surface area contributed by atoms with Crippen molar-refractivity contribution < 1.29 is 4.79 Å². The first kappa shape index (κ1) is 14.6. The Morgan fingerprint density at radius 1 is 1.12 bits per heavy atom. The normalized spacial score (nSPS) is 14.2. The first-order chi connectivity index (χ1) is 11.8. The maximum Gasteiger partial charge on any atom is 0.246 e. The Kier molecular flexibility index (Phi) is 3.82. The van der Waals surface area contributed by atoms with Crippen molar-refractivity contribution in [3.63, 3.8) is 0 Å². The maximum absolute atomic E-state index is 12.2. The van der Waals surface area contributed by atoms with Crippen molar-refractivity contribution >= 4 is 28.4 Å². The molecule has 0 aliphatic carbocycles. The van der Waals surface area contributed by atoms with Gasteiger partial charge in [0.05, 0.1) is 17.4 Å². The van der Waals surface area contributed by atoms with E-state index in [1.165, 1.54) is 12.8 Å². The highest BCUT2D eigenvalue weighted by molar-refractivity contribution is 5.91. The molecule has 0 bridgehead atoms. The van der Waals surface area contributed by atoms with E-state index >= 15 is 0 Å². The number of pyridine rings is 1. The number of hydrogen-bond donors (Lipinski definition) is 1. The summed E-state index contributed by atoms with van der Waals surface area (Å²) in [5, 5.41) is 10.9. The molecule has 7 heteroatoms. The Labute approximate surface area is 139 Å². The molecule has 1 N–H and O–H groups in total. The molecule has 1 amide bonds. The number of nitrogens with one attached hydrogen (secondary N) is 1. The van der Waals surface area contributed by atoms with E-state index in [1.807, 2.05) is 36.4 Å². The molecule has 0 saturated carbocycles. The summed E-state index contributed by atoms with van der Waals surface area (Å²) in [5.41, 5.74) is 2.31. The van der Waals surface area contributed by atoms with Crippen molar-refractivity contribution in [2.24, 2.45) is 0 Å². The maximum atomic E-state index is 12.2. The van der Waals surface area contributed by atoms with E-state index < -0.39 is 0 Å². The van der Waals surface area contributed by atoms with Crippen LogP contribution in [0, 0.1) is 0 Å². The second-order valence-corrected chi connectivity index (χ2v) is 5.88. The van der Waals surface area contributed by atoms with Crippen LogP contribution in [0.25, 0.3) is 11.0 Å². The Hall–Kier alpha value is -2.96. The number of fused-ring (bicyclic) bond motifs is 1. The minimum atomic E-state index is -0.152. The first-order valence-corrected chi connectivity index (χ1v) is 8.09. The van der Waals surface area contributed by atoms with Gasteiger partial charge in [0.25, 0.3) is 0 Å². The molecule has 1 saturated heterocycles. The average Bonchev–Trinajstić information content (AvgIpc) is 3.26. The number of aromatic nitrogens is 4. The van der Waals surface area contributed by atoms with Crippen molar-refractivity contribution in [3.8, 4) is 0 Å². The lowest BCUT2D eigenvalue weighted by atomic mass is 10.3. The molecule has 1 aliphatic rings. The van der Waals surface area contributed by atoms with Gasteiger partial charge in [-0.1, -0.05) is 17.3 Å². The third kappa shape index (κ3) is 2.92. The number of para-hydroxylation sites is 1. The van der Waals surface area contributed by atoms with Gasteiger partial charge in [0.15, 0.2) is 0 Å². The number of amides is 1. The largest absolute Gasteiger partial charge is 0.357 e. The van der Waals surface area contributed by atoms with Crippen molar-refractivity contribution in [2.75, 3.05) is 23.3 Å². The van der Waals surface area contributed by atoms with E-state index in [1.54, 1.807) is 10.9 Å². The van der Waals surface area contributed by atoms with Crippen molar-refractivity contribution in [2.45, 2.75) is 19.4 Å². The first-order valence-electron chi connectivity index (χ1n) is 8.09. The number of carbonyl (C=O) groups excluding carboxylic acids is 1. The summed E-state index contributed by atoms with van der Waals surface area (Å²) in [4.78, 5) is 18.9. The van der Waals surface area contributed by atoms with Gasteiger partial charge in [-0.05, 0) is 37.1 Å². The molecule has 1 aliphatic heterocycles. The quantitative estimate of drug-likeness (QED) is 0.796. The summed E-state index contributed by atoms with van der Waals surface area (Å²) in [6.07, 6.45) is 4.13. The molecular formula is C17H18N6O. The van der Waals surface area contributed by atoms with Gasteiger partial charge in [0.2, 0.25) is 5.91 Å². The third-order valence-electron chi connectivity index (χ3n) is 4.18. The standard InChI is InChI=1S/C17H18N6O/c24-17(12-23-15-6-2-1-5-14(15)20-21-23)19-13-7-8-16(18-11-13)22-9-3-4-10-22/h1-2,5-8,11H,3-4,9-10,12H2,(H,19,24). The fourth-order valence-electron chi connectivity index (χ4n) is 2.96. The van der Waals surface area contributed by atoms with E-state index in [-0.39, 0.29) is 12.5 Å². The van der Waals surface area contributed by atoms with Crippen LogP contribution in [0.15, 0.2) is 42.6 Å². The summed E-state index contributed by atoms with van der Waals surface area (Å²) in [6.45, 7) is 2.23. The molecule has 7 nitrogen and oxygen atoms in total. The predicted octanol–water partition coefficient (Wildman–Crippen LogP) is 2.07. The zero-order valence-corrected chi connectivity index (χ0v) is 13.2. The number of anilines is 2. The summed E-state index contributed by atoms with van der Waals surface area (Å²) in [6, 6.07) is 11.4. The Morgan fingerprint density at radius 3 is 2.75 bits per heavy atom. The Balaban J connectivity index is 1.42. The van der Waals surface area contributed by atoms with Crippen LogP contribution in [0.1, 0.15) is 12.8 Å². The lowest BCUT2D eigenvalue weighted by Crippen LogP contribution is -2.21. The van der Waals surface area contributed by atoms with Crippen molar-refractivity contribution in [1.29, 1.82) is 0 Å². The lowest BCUT2D eigenvalue weighted by molar-refractivity contribution is -0.116. The topological polar surface area (TPSA) is 75.9 Å². The second-order valence-electron chi connectivity index (χ2n) is 5.88. The predicted molar refractivity (Wildman–Crippen MR) is 91.8 cm³/mol. The van der Waals surface area contributed by atoms with Crippen LogP contribution in [0.4, 0.5) is 11.5 Å². The van der Waals surface area contributed by atoms with Gasteiger partial charge in [0.1, 0.15) is 17.9 Å². The SMILES string of the molecule is O=C(Cn1nnc2ccccc21)Nc1ccc(N2CCCC2)nc1. The van der Waals surface area contributed by atoms with Gasteiger partial charge in [0, 0.05) is 13.1 Å². The smallest absolute Gasteiger partial charge is 0.246 e. The number of carbonyl (C=O) groups is 1. The highest BCUT2D eigenvalue weighted by Gasteiger charge is 2.13. The number of hydrogen-bond acceptors (Lipinski definition) is 5. The lowest BCUT2D eigenvalue weighted by Gasteiger charge is -2.16. The van der Waals surface area contributed by atoms with Crippen LogP contribution >= 0.6 is 0 Å². The second kappa shape index (κ2) is 6.27. The number of benzene rings is 1. The average molecular weight is 322 g/mol. The number of rotatable bonds is 4.